The molecule has 14 rings (SSSR count). The number of aromatic nitrogens is 1. The van der Waals surface area contributed by atoms with E-state index in [1.54, 1.807) is 27.7 Å². The highest BCUT2D eigenvalue weighted by molar-refractivity contribution is 6.32. The van der Waals surface area contributed by atoms with Crippen molar-refractivity contribution < 1.29 is 172 Å². The molecule has 0 aliphatic carbocycles. The average Bonchev–Trinajstić information content (AvgIpc) is 0.759. The maximum Gasteiger partial charge on any atom is 0.251 e. The predicted molar refractivity (Wildman–Crippen MR) is 489 cm³/mol. The van der Waals surface area contributed by atoms with Crippen LogP contribution in [0.1, 0.15) is 150 Å². The van der Waals surface area contributed by atoms with E-state index in [0.29, 0.717) is 0 Å². The normalized spacial score (nSPS) is 28.6. The summed E-state index contributed by atoms with van der Waals surface area (Å²) in [5.74, 6) is -17.6. The molecule has 8 unspecified atom stereocenters. The molecule has 0 radical (unpaired) electrons. The van der Waals surface area contributed by atoms with E-state index in [1.165, 1.54) is 19.2 Å². The predicted octanol–water partition coefficient (Wildman–Crippen LogP) is -3.40. The fourth-order valence-corrected chi connectivity index (χ4v) is 17.8. The third-order valence-corrected chi connectivity index (χ3v) is 25.9. The zero-order chi connectivity index (χ0) is 103. The molecule has 0 saturated carbocycles. The van der Waals surface area contributed by atoms with Crippen LogP contribution in [0.3, 0.4) is 0 Å². The van der Waals surface area contributed by atoms with E-state index in [-0.39, 0.29) is 48.6 Å². The number of hydrogen-bond acceptors (Lipinski definition) is 36. The number of benzene rings is 5. The second kappa shape index (κ2) is 47.9. The third kappa shape index (κ3) is 25.6. The van der Waals surface area contributed by atoms with Gasteiger partial charge in [0.1, 0.15) is 145 Å². The van der Waals surface area contributed by atoms with E-state index >= 15 is 28.8 Å². The van der Waals surface area contributed by atoms with Crippen LogP contribution in [0.25, 0.3) is 11.1 Å². The smallest absolute Gasteiger partial charge is 0.251 e. The van der Waals surface area contributed by atoms with Gasteiger partial charge < -0.3 is 184 Å². The molecule has 6 aromatic rings. The van der Waals surface area contributed by atoms with Gasteiger partial charge in [-0.2, -0.15) is 0 Å². The van der Waals surface area contributed by atoms with Gasteiger partial charge in [0.05, 0.1) is 54.5 Å². The summed E-state index contributed by atoms with van der Waals surface area (Å²) >= 11 is 14.5. The number of fused-ring (bicyclic) bond motifs is 15. The second-order valence-electron chi connectivity index (χ2n) is 36.1. The number of ether oxygens (including phenoxy) is 8. The first kappa shape index (κ1) is 109. The lowest BCUT2D eigenvalue weighted by atomic mass is 9.84. The van der Waals surface area contributed by atoms with E-state index in [1.807, 2.05) is 24.5 Å². The molecule has 9 heterocycles. The van der Waals surface area contributed by atoms with Crippen molar-refractivity contribution in [3.05, 3.63) is 147 Å². The van der Waals surface area contributed by atoms with Crippen molar-refractivity contribution >= 4 is 76.4 Å². The quantitative estimate of drug-likeness (QED) is 0.0141. The highest BCUT2D eigenvalue weighted by Crippen LogP contribution is 2.50. The Bertz CT molecular complexity index is 5450. The molecule has 770 valence electrons. The Morgan fingerprint density at radius 2 is 1.24 bits per heavy atom. The summed E-state index contributed by atoms with van der Waals surface area (Å²) in [4.78, 5) is 135. The molecule has 46 nitrogen and oxygen atoms in total. The van der Waals surface area contributed by atoms with Gasteiger partial charge in [-0.3, -0.25) is 43.2 Å². The number of rotatable bonds is 33. The number of aryl methyl sites for hydroxylation is 1. The Morgan fingerprint density at radius 1 is 0.631 bits per heavy atom. The minimum atomic E-state index is -2.54. The van der Waals surface area contributed by atoms with Crippen LogP contribution in [0.5, 0.6) is 46.0 Å². The summed E-state index contributed by atoms with van der Waals surface area (Å²) in [6.45, 7) is 5.87. The lowest BCUT2D eigenvalue weighted by Crippen LogP contribution is -2.65. The van der Waals surface area contributed by atoms with Crippen LogP contribution in [0.15, 0.2) is 103 Å². The fourth-order valence-electron chi connectivity index (χ4n) is 17.3. The van der Waals surface area contributed by atoms with Crippen LogP contribution in [0.2, 0.25) is 10.0 Å². The van der Waals surface area contributed by atoms with E-state index in [9.17, 15) is 101 Å². The van der Waals surface area contributed by atoms with Gasteiger partial charge in [-0.15, -0.1) is 0 Å². The number of likely N-dealkylation sites (N-methyl/N-ethyl adjacent to an activating group) is 1. The minimum Gasteiger partial charge on any atom is -0.508 e. The van der Waals surface area contributed by atoms with E-state index < -0.39 is 335 Å². The first-order chi connectivity index (χ1) is 67.0. The van der Waals surface area contributed by atoms with Gasteiger partial charge in [0.15, 0.2) is 48.7 Å². The van der Waals surface area contributed by atoms with Gasteiger partial charge in [0.2, 0.25) is 59.3 Å². The van der Waals surface area contributed by atoms with Crippen molar-refractivity contribution in [2.45, 2.75) is 263 Å². The Morgan fingerprint density at radius 3 is 1.86 bits per heavy atom. The number of pyridine rings is 1. The number of phenols is 3. The number of nitrogens with zero attached hydrogens (tertiary/aromatic N) is 1. The third-order valence-electron chi connectivity index (χ3n) is 25.3. The van der Waals surface area contributed by atoms with Crippen LogP contribution in [0, 0.1) is 5.92 Å². The van der Waals surface area contributed by atoms with Gasteiger partial charge >= 0.3 is 0 Å². The zero-order valence-electron chi connectivity index (χ0n) is 77.3. The first-order valence-corrected chi connectivity index (χ1v) is 46.6. The van der Waals surface area contributed by atoms with Gasteiger partial charge in [0.25, 0.3) is 5.91 Å². The Balaban J connectivity index is 0.962. The molecule has 8 aliphatic rings. The van der Waals surface area contributed by atoms with Gasteiger partial charge in [0, 0.05) is 67.3 Å². The van der Waals surface area contributed by atoms with Crippen molar-refractivity contribution in [2.24, 2.45) is 11.7 Å². The van der Waals surface area contributed by atoms with Gasteiger partial charge in [-0.1, -0.05) is 75.0 Å². The van der Waals surface area contributed by atoms with E-state index in [0.717, 1.165) is 105 Å². The molecular weight excluding hydrogens is 1900 g/mol. The Hall–Kier alpha value is -11.0. The lowest BCUT2D eigenvalue weighted by molar-refractivity contribution is -0.697. The highest BCUT2D eigenvalue weighted by Gasteiger charge is 2.54. The fraction of sp³-hybridized carbons (Fsp3) is 0.527. The molecular formula is C93H121Cl2N12O34+. The number of unbranched alkanes of at least 4 members (excludes halogenated alkanes) is 3. The van der Waals surface area contributed by atoms with Crippen molar-refractivity contribution in [3.63, 3.8) is 0 Å². The molecule has 29 N–H and O–H groups in total. The molecule has 8 aliphatic heterocycles. The summed E-state index contributed by atoms with van der Waals surface area (Å²) in [6.07, 6.45) is -30.3. The van der Waals surface area contributed by atoms with Crippen LogP contribution in [-0.2, 0) is 79.9 Å². The number of phenolic OH excluding ortho intramolecular Hbond substituents is 3. The monoisotopic (exact) mass is 2020 g/mol. The molecule has 9 amide bonds. The number of primary amides is 1. The number of carbonyl (C=O) groups is 9. The Labute approximate surface area is 817 Å². The SMILES string of the molecule is CCCCCC[n+]1ccc(CN[C@]2(C)C[C@H](OC3C(O)[C@@H](O)[C@@H](CO)O[C@@H]3Oc3c4cc5cc3Oc3ccc(cc3Cl)[C@@H](O)[C@@H](NC(=O)[C@@H](CC(C)C)NC)C(=O)N[C@@H](CC(N)=O)C(=O)N[C@H]5C(=O)N[C@H]3C(=O)N[C@H](C(=O)N[C@H](C(=O)NCCCNC(=O)[C@H](O)[C@@H](O)[C@H](OC5OC(CO)C(O)C(O)C5O)[C@H](O)CO)c5cc(O)cc(O)c5-c5cc3ccc5O)[C@H](O)c3ccc(c(Cl)c3)O4)OC(C)[C@@H]2O)cc1. The average molecular weight is 2020 g/mol. The number of aliphatic hydroxyl groups excluding tert-OH is 14. The second-order valence-corrected chi connectivity index (χ2v) is 36.9. The maximum absolute atomic E-state index is 16.5. The summed E-state index contributed by atoms with van der Waals surface area (Å²) in [5, 5.41) is 217. The van der Waals surface area contributed by atoms with Crippen molar-refractivity contribution in [1.29, 1.82) is 0 Å². The van der Waals surface area contributed by atoms with Crippen molar-refractivity contribution in [2.75, 3.05) is 40.0 Å². The molecule has 1 aromatic heterocycles. The molecule has 141 heavy (non-hydrogen) atoms. The number of aromatic hydroxyl groups is 3. The number of nitrogens with two attached hydrogens (primary N) is 1. The maximum atomic E-state index is 16.5. The summed E-state index contributed by atoms with van der Waals surface area (Å²) in [5.41, 5.74) is 2.26. The number of nitrogens with one attached hydrogen (secondary N) is 10. The van der Waals surface area contributed by atoms with Gasteiger partial charge in [-0.25, -0.2) is 4.57 Å². The Kier molecular flexibility index (Phi) is 37.0. The molecule has 11 bridgehead atoms. The summed E-state index contributed by atoms with van der Waals surface area (Å²) in [7, 11) is 1.46. The van der Waals surface area contributed by atoms with E-state index in [4.69, 9.17) is 66.8 Å². The molecule has 0 spiro atoms. The zero-order valence-corrected chi connectivity index (χ0v) is 78.8. The summed E-state index contributed by atoms with van der Waals surface area (Å²) in [6, 6.07) is 2.51. The molecule has 3 fully saturated rings. The standard InChI is InChI=1S/C93H120Cl2N12O34/c1-7-8-9-10-22-107-23-18-41(19-24-107)35-100-93(5)34-63(134-40(4)82(93)125)139-81-75(121)73(119)61(38-110)138-92(81)141-80-58-29-45-30-59(80)136-57-17-14-44(28-50(57)95)71(117)69-89(132)104-67(85(128)98-20-11-21-99-90(133)77(123)76(122)79(55(114)36-108)140-91-78(124)74(120)72(118)60(37-109)137-91)48-31-46(111)32-54(113)64(48)47-26-42(12-15-53(47)112)65(86(129)106-69)103-87(130)66(45)102-84(127)52(33-62(96)115)101-88(131)68(105-83(126)51(97-6)25-39(2)3)70(116)43-13-16-56(135-58)49(94)27-43/h12-19,23-24,26-32,39-40,51-52,55,60-61,63,65-79,81-82,91-92,97,100,108-110,114,116-125H,7-11,20-22,25,33-38H2,1-6H3,(H12-,96,98,99,101,102,103,104,105,106,111,112,113,115,126,127,128,129,130,131,132,133)/p+1/t40?,51-,52+,55-,60?,61-,63+,65-,66-,67+,68-,69+,70-,71-,72?,73+,74?,75?,76-,77-,78?,79-,81?,82+,91?,92-,93-/m1/s1. The van der Waals surface area contributed by atoms with Crippen LogP contribution < -0.4 is 77.7 Å². The van der Waals surface area contributed by atoms with Crippen LogP contribution in [-0.4, -0.2) is 314 Å². The highest BCUT2D eigenvalue weighted by atomic mass is 35.5. The number of hydrogen-bond donors (Lipinski definition) is 28. The van der Waals surface area contributed by atoms with Crippen molar-refractivity contribution in [1.82, 2.24) is 53.2 Å². The lowest BCUT2D eigenvalue weighted by Gasteiger charge is -2.48. The molecule has 3 saturated heterocycles. The molecule has 48 heteroatoms. The number of halogens is 2. The number of amides is 9. The molecule has 5 aromatic carbocycles. The number of aliphatic hydroxyl groups is 14. The van der Waals surface area contributed by atoms with E-state index in [2.05, 4.69) is 64.7 Å². The minimum absolute atomic E-state index is 0.142. The van der Waals surface area contributed by atoms with Crippen molar-refractivity contribution in [3.8, 4) is 57.1 Å². The number of carbonyl (C=O) groups excluding carboxylic acids is 9. The topological polar surface area (TPSA) is 722 Å². The molecule has 27 atom stereocenters. The van der Waals surface area contributed by atoms with Crippen LogP contribution in [0.4, 0.5) is 0 Å². The summed E-state index contributed by atoms with van der Waals surface area (Å²) < 4.78 is 52.5. The van der Waals surface area contributed by atoms with Crippen LogP contribution >= 0.6 is 23.2 Å². The van der Waals surface area contributed by atoms with Gasteiger partial charge in [-0.05, 0) is 134 Å². The largest absolute Gasteiger partial charge is 0.508 e. The first-order valence-electron chi connectivity index (χ1n) is 45.8.